The summed E-state index contributed by atoms with van der Waals surface area (Å²) in [6.45, 7) is 1.17. The second-order valence-corrected chi connectivity index (χ2v) is 4.10. The minimum absolute atomic E-state index is 0.365. The van der Waals surface area contributed by atoms with E-state index in [0.717, 1.165) is 0 Å². The lowest BCUT2D eigenvalue weighted by Crippen LogP contribution is -2.64. The Morgan fingerprint density at radius 3 is 2.65 bits per heavy atom. The number of esters is 1. The fourth-order valence-corrected chi connectivity index (χ4v) is 2.03. The van der Waals surface area contributed by atoms with Crippen molar-refractivity contribution in [2.75, 3.05) is 13.7 Å². The number of aliphatic hydroxyl groups is 2. The zero-order valence-electron chi connectivity index (χ0n) is 9.61. The van der Waals surface area contributed by atoms with E-state index in [9.17, 15) is 9.90 Å². The minimum atomic E-state index is -1.06. The molecule has 0 radical (unpaired) electrons. The molecule has 0 aromatic carbocycles. The van der Waals surface area contributed by atoms with Crippen LogP contribution >= 0.6 is 0 Å². The summed E-state index contributed by atoms with van der Waals surface area (Å²) in [4.78, 5) is 11.4. The number of aliphatic hydroxyl groups excluding tert-OH is 2. The molecule has 0 unspecified atom stereocenters. The van der Waals surface area contributed by atoms with Crippen LogP contribution in [0.5, 0.6) is 0 Å². The third-order valence-corrected chi connectivity index (χ3v) is 2.98. The Morgan fingerprint density at radius 1 is 1.35 bits per heavy atom. The van der Waals surface area contributed by atoms with Crippen LogP contribution in [0.2, 0.25) is 0 Å². The third-order valence-electron chi connectivity index (χ3n) is 2.98. The van der Waals surface area contributed by atoms with E-state index in [1.54, 1.807) is 0 Å². The molecular formula is C10H16O7. The number of ether oxygens (including phenoxy) is 4. The molecule has 7 heteroatoms. The molecule has 0 aromatic heterocycles. The average molecular weight is 248 g/mol. The number of carbonyl (C=O) groups is 1. The lowest BCUT2D eigenvalue weighted by molar-refractivity contribution is -0.324. The Hall–Kier alpha value is -0.730. The van der Waals surface area contributed by atoms with E-state index in [2.05, 4.69) is 0 Å². The molecule has 0 spiro atoms. The number of carbonyl (C=O) groups excluding carboxylic acids is 1. The van der Waals surface area contributed by atoms with Crippen LogP contribution < -0.4 is 0 Å². The van der Waals surface area contributed by atoms with E-state index in [4.69, 9.17) is 24.1 Å². The van der Waals surface area contributed by atoms with Gasteiger partial charge in [0.25, 0.3) is 0 Å². The van der Waals surface area contributed by atoms with E-state index in [-0.39, 0.29) is 6.61 Å². The van der Waals surface area contributed by atoms with Gasteiger partial charge in [0.1, 0.15) is 18.3 Å². The van der Waals surface area contributed by atoms with Crippen LogP contribution in [0.1, 0.15) is 6.92 Å². The summed E-state index contributed by atoms with van der Waals surface area (Å²) in [5.41, 5.74) is 0. The summed E-state index contributed by atoms with van der Waals surface area (Å²) < 4.78 is 20.8. The Labute approximate surface area is 98.2 Å². The van der Waals surface area contributed by atoms with E-state index < -0.39 is 42.8 Å². The summed E-state index contributed by atoms with van der Waals surface area (Å²) in [6, 6.07) is 0. The van der Waals surface area contributed by atoms with Crippen molar-refractivity contribution in [1.82, 2.24) is 0 Å². The highest BCUT2D eigenvalue weighted by molar-refractivity contribution is 5.75. The normalized spacial score (nSPS) is 46.2. The summed E-state index contributed by atoms with van der Waals surface area (Å²) >= 11 is 0. The van der Waals surface area contributed by atoms with Crippen LogP contribution in [0.3, 0.4) is 0 Å². The van der Waals surface area contributed by atoms with Gasteiger partial charge in [0.15, 0.2) is 18.5 Å². The van der Waals surface area contributed by atoms with Crippen LogP contribution in [0.4, 0.5) is 0 Å². The van der Waals surface area contributed by atoms with Crippen molar-refractivity contribution < 1.29 is 34.0 Å². The van der Waals surface area contributed by atoms with Gasteiger partial charge in [-0.2, -0.15) is 0 Å². The van der Waals surface area contributed by atoms with Crippen molar-refractivity contribution in [3.05, 3.63) is 0 Å². The number of methoxy groups -OCH3 is 1. The minimum Gasteiger partial charge on any atom is -0.452 e. The molecule has 0 bridgehead atoms. The largest absolute Gasteiger partial charge is 0.452 e. The summed E-state index contributed by atoms with van der Waals surface area (Å²) in [5.74, 6) is -0.522. The number of rotatable bonds is 2. The quantitative estimate of drug-likeness (QED) is 0.569. The molecule has 2 fully saturated rings. The number of fused-ring (bicyclic) bond motifs is 1. The first kappa shape index (κ1) is 12.7. The molecule has 0 amide bonds. The molecule has 98 valence electrons. The Bertz CT molecular complexity index is 294. The Kier molecular flexibility index (Phi) is 3.64. The second kappa shape index (κ2) is 4.87. The molecule has 0 aromatic rings. The highest BCUT2D eigenvalue weighted by Gasteiger charge is 2.52. The maximum atomic E-state index is 11.4. The Morgan fingerprint density at radius 2 is 2.06 bits per heavy atom. The van der Waals surface area contributed by atoms with Gasteiger partial charge in [-0.25, -0.2) is 4.79 Å². The van der Waals surface area contributed by atoms with Gasteiger partial charge in [0.2, 0.25) is 0 Å². The van der Waals surface area contributed by atoms with Gasteiger partial charge in [0, 0.05) is 7.11 Å². The van der Waals surface area contributed by atoms with Gasteiger partial charge in [-0.15, -0.1) is 0 Å². The van der Waals surface area contributed by atoms with Crippen molar-refractivity contribution in [3.63, 3.8) is 0 Å². The van der Waals surface area contributed by atoms with Crippen LogP contribution in [0.15, 0.2) is 0 Å². The van der Waals surface area contributed by atoms with Crippen LogP contribution in [-0.4, -0.2) is 66.7 Å². The van der Waals surface area contributed by atoms with Crippen molar-refractivity contribution in [3.8, 4) is 0 Å². The SMILES string of the molecule is CO[C@H]1O[C@H](CO)[C@H](O)[C@@H]2O[C@H](C)C(=O)O[C@@H]12. The molecule has 2 saturated heterocycles. The van der Waals surface area contributed by atoms with Gasteiger partial charge in [-0.3, -0.25) is 0 Å². The topological polar surface area (TPSA) is 94.5 Å². The van der Waals surface area contributed by atoms with Crippen molar-refractivity contribution in [1.29, 1.82) is 0 Å². The van der Waals surface area contributed by atoms with Crippen LogP contribution in [0, 0.1) is 0 Å². The fourth-order valence-electron chi connectivity index (χ4n) is 2.03. The lowest BCUT2D eigenvalue weighted by Gasteiger charge is -2.46. The van der Waals surface area contributed by atoms with Crippen LogP contribution in [-0.2, 0) is 23.7 Å². The van der Waals surface area contributed by atoms with Crippen molar-refractivity contribution >= 4 is 5.97 Å². The third kappa shape index (κ3) is 2.16. The number of hydrogen-bond donors (Lipinski definition) is 2. The van der Waals surface area contributed by atoms with Crippen molar-refractivity contribution in [2.45, 2.75) is 43.7 Å². The second-order valence-electron chi connectivity index (χ2n) is 4.10. The molecule has 2 N–H and O–H groups in total. The highest BCUT2D eigenvalue weighted by Crippen LogP contribution is 2.30. The predicted octanol–water partition coefficient (Wildman–Crippen LogP) is -1.59. The molecule has 0 aliphatic carbocycles. The van der Waals surface area contributed by atoms with Gasteiger partial charge >= 0.3 is 5.97 Å². The van der Waals surface area contributed by atoms with Gasteiger partial charge in [-0.05, 0) is 6.92 Å². The molecule has 2 rings (SSSR count). The van der Waals surface area contributed by atoms with Gasteiger partial charge in [0.05, 0.1) is 6.61 Å². The maximum absolute atomic E-state index is 11.4. The van der Waals surface area contributed by atoms with E-state index in [1.807, 2.05) is 0 Å². The zero-order valence-corrected chi connectivity index (χ0v) is 9.61. The first-order chi connectivity index (χ1) is 8.08. The average Bonchev–Trinajstić information content (AvgIpc) is 2.32. The Balaban J connectivity index is 2.18. The highest BCUT2D eigenvalue weighted by atomic mass is 16.7. The first-order valence-electron chi connectivity index (χ1n) is 5.41. The fraction of sp³-hybridized carbons (Fsp3) is 0.900. The van der Waals surface area contributed by atoms with Crippen molar-refractivity contribution in [2.24, 2.45) is 0 Å². The molecule has 17 heavy (non-hydrogen) atoms. The van der Waals surface area contributed by atoms with E-state index in [0.29, 0.717) is 0 Å². The standard InChI is InChI=1S/C10H16O7/c1-4-9(13)17-8-7(15-4)6(12)5(3-11)16-10(8)14-2/h4-8,10-12H,3H2,1-2H3/t4-,5-,6+,7+,8-,10+/m1/s1. The lowest BCUT2D eigenvalue weighted by atomic mass is 9.97. The monoisotopic (exact) mass is 248 g/mol. The van der Waals surface area contributed by atoms with E-state index >= 15 is 0 Å². The van der Waals surface area contributed by atoms with Gasteiger partial charge in [-0.1, -0.05) is 0 Å². The molecule has 2 aliphatic heterocycles. The summed E-state index contributed by atoms with van der Waals surface area (Å²) in [5, 5.41) is 19.0. The molecular weight excluding hydrogens is 232 g/mol. The van der Waals surface area contributed by atoms with Crippen LogP contribution in [0.25, 0.3) is 0 Å². The molecule has 6 atom stereocenters. The predicted molar refractivity (Wildman–Crippen MR) is 53.0 cm³/mol. The molecule has 0 saturated carbocycles. The summed E-state index contributed by atoms with van der Waals surface area (Å²) in [6.07, 6.45) is -5.05. The molecule has 2 aliphatic rings. The smallest absolute Gasteiger partial charge is 0.335 e. The molecule has 2 heterocycles. The van der Waals surface area contributed by atoms with E-state index in [1.165, 1.54) is 14.0 Å². The molecule has 7 nitrogen and oxygen atoms in total. The maximum Gasteiger partial charge on any atom is 0.335 e. The zero-order chi connectivity index (χ0) is 12.6. The summed E-state index contributed by atoms with van der Waals surface area (Å²) in [7, 11) is 1.39. The van der Waals surface area contributed by atoms with Gasteiger partial charge < -0.3 is 29.2 Å². The first-order valence-corrected chi connectivity index (χ1v) is 5.41. The number of hydrogen-bond acceptors (Lipinski definition) is 7.